The first kappa shape index (κ1) is 21.0. The Balaban J connectivity index is 1.43. The number of pyridine rings is 1. The molecular weight excluding hydrogens is 390 g/mol. The number of nitrogens with zero attached hydrogens (tertiary/aromatic N) is 4. The van der Waals surface area contributed by atoms with Crippen molar-refractivity contribution in [3.63, 3.8) is 0 Å². The van der Waals surface area contributed by atoms with Crippen molar-refractivity contribution in [2.24, 2.45) is 11.8 Å². The average molecular weight is 420 g/mol. The lowest BCUT2D eigenvalue weighted by Gasteiger charge is -2.32. The van der Waals surface area contributed by atoms with Gasteiger partial charge >= 0.3 is 0 Å². The van der Waals surface area contributed by atoms with Crippen LogP contribution in [0, 0.1) is 11.8 Å². The smallest absolute Gasteiger partial charge is 0.261 e. The maximum atomic E-state index is 12.5. The molecule has 2 aromatic heterocycles. The van der Waals surface area contributed by atoms with Crippen molar-refractivity contribution < 1.29 is 9.32 Å². The lowest BCUT2D eigenvalue weighted by molar-refractivity contribution is -0.125. The lowest BCUT2D eigenvalue weighted by atomic mass is 9.95. The van der Waals surface area contributed by atoms with Crippen molar-refractivity contribution in [1.29, 1.82) is 0 Å². The summed E-state index contributed by atoms with van der Waals surface area (Å²) >= 11 is 0. The monoisotopic (exact) mass is 419 g/mol. The van der Waals surface area contributed by atoms with Crippen LogP contribution in [0.5, 0.6) is 0 Å². The molecule has 0 spiro atoms. The summed E-state index contributed by atoms with van der Waals surface area (Å²) in [5, 5.41) is 7.23. The van der Waals surface area contributed by atoms with Gasteiger partial charge in [0.05, 0.1) is 5.56 Å². The van der Waals surface area contributed by atoms with Crippen molar-refractivity contribution >= 4 is 11.7 Å². The third-order valence-corrected chi connectivity index (χ3v) is 5.66. The van der Waals surface area contributed by atoms with Gasteiger partial charge in [-0.2, -0.15) is 4.98 Å². The fraction of sp³-hybridized carbons (Fsp3) is 0.417. The molecule has 0 atom stereocenters. The van der Waals surface area contributed by atoms with Crippen LogP contribution in [0.25, 0.3) is 22.8 Å². The minimum absolute atomic E-state index is 0.0589. The van der Waals surface area contributed by atoms with Gasteiger partial charge in [0.2, 0.25) is 11.7 Å². The van der Waals surface area contributed by atoms with Crippen molar-refractivity contribution in [2.75, 3.05) is 24.5 Å². The van der Waals surface area contributed by atoms with E-state index in [0.29, 0.717) is 17.6 Å². The van der Waals surface area contributed by atoms with Crippen LogP contribution in [0.4, 0.5) is 5.82 Å². The Bertz CT molecular complexity index is 994. The van der Waals surface area contributed by atoms with Crippen LogP contribution in [0.3, 0.4) is 0 Å². The van der Waals surface area contributed by atoms with E-state index in [2.05, 4.69) is 39.2 Å². The normalized spacial score (nSPS) is 14.7. The molecular formula is C24H29N5O2. The molecule has 1 N–H and O–H groups in total. The van der Waals surface area contributed by atoms with E-state index in [-0.39, 0.29) is 11.8 Å². The minimum Gasteiger partial charge on any atom is -0.356 e. The first-order chi connectivity index (χ1) is 15.1. The van der Waals surface area contributed by atoms with E-state index in [1.165, 1.54) is 0 Å². The average Bonchev–Trinajstić information content (AvgIpc) is 3.30. The summed E-state index contributed by atoms with van der Waals surface area (Å²) < 4.78 is 5.57. The van der Waals surface area contributed by atoms with Crippen molar-refractivity contribution in [1.82, 2.24) is 20.4 Å². The van der Waals surface area contributed by atoms with E-state index in [9.17, 15) is 4.79 Å². The molecule has 162 valence electrons. The standard InChI is InChI=1S/C24H29N5O2/c1-17(2)10-14-26-23(30)19-11-15-29(16-12-19)22-20(9-6-13-25-22)24-27-21(28-31-24)18-7-4-3-5-8-18/h3-9,13,17,19H,10-12,14-16H2,1-2H3,(H,26,30). The summed E-state index contributed by atoms with van der Waals surface area (Å²) in [6.45, 7) is 6.63. The number of rotatable bonds is 7. The quantitative estimate of drug-likeness (QED) is 0.619. The number of carbonyl (C=O) groups excluding carboxylic acids is 1. The summed E-state index contributed by atoms with van der Waals surface area (Å²) in [5.74, 6) is 2.66. The molecule has 0 bridgehead atoms. The van der Waals surface area contributed by atoms with Gasteiger partial charge in [-0.1, -0.05) is 49.3 Å². The van der Waals surface area contributed by atoms with Gasteiger partial charge in [0.25, 0.3) is 5.89 Å². The number of hydrogen-bond donors (Lipinski definition) is 1. The number of hydrogen-bond acceptors (Lipinski definition) is 6. The molecule has 1 fully saturated rings. The molecule has 4 rings (SSSR count). The van der Waals surface area contributed by atoms with E-state index in [4.69, 9.17) is 4.52 Å². The maximum absolute atomic E-state index is 12.5. The zero-order valence-corrected chi connectivity index (χ0v) is 18.1. The van der Waals surface area contributed by atoms with Crippen LogP contribution in [-0.2, 0) is 4.79 Å². The van der Waals surface area contributed by atoms with Crippen molar-refractivity contribution in [3.05, 3.63) is 48.7 Å². The zero-order valence-electron chi connectivity index (χ0n) is 18.1. The number of amides is 1. The Labute approximate surface area is 182 Å². The molecule has 3 aromatic rings. The number of nitrogens with one attached hydrogen (secondary N) is 1. The second-order valence-electron chi connectivity index (χ2n) is 8.40. The molecule has 7 nitrogen and oxygen atoms in total. The van der Waals surface area contributed by atoms with Crippen LogP contribution in [0.1, 0.15) is 33.1 Å². The molecule has 0 saturated carbocycles. The summed E-state index contributed by atoms with van der Waals surface area (Å²) in [6, 6.07) is 13.6. The largest absolute Gasteiger partial charge is 0.356 e. The molecule has 7 heteroatoms. The molecule has 1 amide bonds. The topological polar surface area (TPSA) is 84.2 Å². The number of anilines is 1. The Morgan fingerprint density at radius 2 is 1.94 bits per heavy atom. The minimum atomic E-state index is 0.0589. The van der Waals surface area contributed by atoms with Crippen molar-refractivity contribution in [3.8, 4) is 22.8 Å². The fourth-order valence-corrected chi connectivity index (χ4v) is 3.84. The molecule has 1 aliphatic rings. The first-order valence-electron chi connectivity index (χ1n) is 11.0. The summed E-state index contributed by atoms with van der Waals surface area (Å²) in [7, 11) is 0. The van der Waals surface area contributed by atoms with Gasteiger partial charge in [0, 0.05) is 37.3 Å². The van der Waals surface area contributed by atoms with Crippen molar-refractivity contribution in [2.45, 2.75) is 33.1 Å². The highest BCUT2D eigenvalue weighted by molar-refractivity contribution is 5.79. The van der Waals surface area contributed by atoms with Crippen LogP contribution < -0.4 is 10.2 Å². The van der Waals surface area contributed by atoms with E-state index in [1.54, 1.807) is 6.20 Å². The van der Waals surface area contributed by atoms with Gasteiger partial charge in [0.1, 0.15) is 5.82 Å². The molecule has 1 aliphatic heterocycles. The summed E-state index contributed by atoms with van der Waals surface area (Å²) in [6.07, 6.45) is 4.40. The summed E-state index contributed by atoms with van der Waals surface area (Å²) in [4.78, 5) is 23.9. The van der Waals surface area contributed by atoms with Crippen LogP contribution >= 0.6 is 0 Å². The Morgan fingerprint density at radius 3 is 2.68 bits per heavy atom. The van der Waals surface area contributed by atoms with Gasteiger partial charge in [0.15, 0.2) is 0 Å². The van der Waals surface area contributed by atoms with Gasteiger partial charge in [-0.25, -0.2) is 4.98 Å². The number of carbonyl (C=O) groups is 1. The van der Waals surface area contributed by atoms with Gasteiger partial charge in [-0.05, 0) is 37.3 Å². The number of piperidine rings is 1. The highest BCUT2D eigenvalue weighted by atomic mass is 16.5. The van der Waals surface area contributed by atoms with Crippen LogP contribution in [0.2, 0.25) is 0 Å². The molecule has 0 unspecified atom stereocenters. The van der Waals surface area contributed by atoms with Gasteiger partial charge in [-0.3, -0.25) is 4.79 Å². The maximum Gasteiger partial charge on any atom is 0.261 e. The third-order valence-electron chi connectivity index (χ3n) is 5.66. The van der Waals surface area contributed by atoms with Gasteiger partial charge in [-0.15, -0.1) is 0 Å². The van der Waals surface area contributed by atoms with Gasteiger partial charge < -0.3 is 14.7 Å². The number of aromatic nitrogens is 3. The first-order valence-corrected chi connectivity index (χ1v) is 11.0. The van der Waals surface area contributed by atoms with E-state index >= 15 is 0 Å². The Morgan fingerprint density at radius 1 is 1.16 bits per heavy atom. The van der Waals surface area contributed by atoms with E-state index < -0.39 is 0 Å². The van der Waals surface area contributed by atoms with E-state index in [1.807, 2.05) is 42.5 Å². The molecule has 1 aromatic carbocycles. The van der Waals surface area contributed by atoms with Crippen LogP contribution in [-0.4, -0.2) is 40.7 Å². The third kappa shape index (κ3) is 5.10. The molecule has 31 heavy (non-hydrogen) atoms. The molecule has 0 radical (unpaired) electrons. The summed E-state index contributed by atoms with van der Waals surface area (Å²) in [5.41, 5.74) is 1.73. The Kier molecular flexibility index (Phi) is 6.60. The lowest BCUT2D eigenvalue weighted by Crippen LogP contribution is -2.41. The second kappa shape index (κ2) is 9.73. The van der Waals surface area contributed by atoms with Crippen LogP contribution in [0.15, 0.2) is 53.2 Å². The molecule has 0 aliphatic carbocycles. The number of benzene rings is 1. The highest BCUT2D eigenvalue weighted by Gasteiger charge is 2.27. The molecule has 1 saturated heterocycles. The fourth-order valence-electron chi connectivity index (χ4n) is 3.84. The molecule has 3 heterocycles. The Hall–Kier alpha value is -3.22. The second-order valence-corrected chi connectivity index (χ2v) is 8.40. The predicted molar refractivity (Wildman–Crippen MR) is 120 cm³/mol. The predicted octanol–water partition coefficient (Wildman–Crippen LogP) is 4.18. The highest BCUT2D eigenvalue weighted by Crippen LogP contribution is 2.31. The van der Waals surface area contributed by atoms with E-state index in [0.717, 1.165) is 55.8 Å². The SMILES string of the molecule is CC(C)CCNC(=O)C1CCN(c2ncccc2-c2nc(-c3ccccc3)no2)CC1. The zero-order chi connectivity index (χ0) is 21.6.